The van der Waals surface area contributed by atoms with Crippen molar-refractivity contribution in [2.45, 2.75) is 24.1 Å². The molecular formula is C17H17F3N2O4S. The lowest BCUT2D eigenvalue weighted by Gasteiger charge is -2.12. The molecule has 3 N–H and O–H groups in total. The van der Waals surface area contributed by atoms with Crippen molar-refractivity contribution in [1.82, 2.24) is 5.32 Å². The number of hydrogen-bond acceptors (Lipinski definition) is 4. The number of amides is 1. The normalized spacial score (nSPS) is 13.1. The maximum Gasteiger partial charge on any atom is 0.416 e. The van der Waals surface area contributed by atoms with E-state index in [-0.39, 0.29) is 22.7 Å². The summed E-state index contributed by atoms with van der Waals surface area (Å²) in [5.41, 5.74) is -1.04. The average Bonchev–Trinajstić information content (AvgIpc) is 2.59. The smallest absolute Gasteiger partial charge is 0.392 e. The van der Waals surface area contributed by atoms with E-state index in [9.17, 15) is 26.4 Å². The molecule has 0 fully saturated rings. The summed E-state index contributed by atoms with van der Waals surface area (Å²) >= 11 is 0. The number of hydrogen-bond donors (Lipinski definition) is 3. The maximum atomic E-state index is 12.7. The van der Waals surface area contributed by atoms with Crippen molar-refractivity contribution in [2.24, 2.45) is 0 Å². The highest BCUT2D eigenvalue weighted by Crippen LogP contribution is 2.31. The third-order valence-corrected chi connectivity index (χ3v) is 4.82. The summed E-state index contributed by atoms with van der Waals surface area (Å²) in [4.78, 5) is 11.6. The number of sulfonamides is 1. The van der Waals surface area contributed by atoms with Crippen LogP contribution >= 0.6 is 0 Å². The van der Waals surface area contributed by atoms with E-state index in [1.54, 1.807) is 0 Å². The number of carbonyl (C=O) groups is 1. The predicted octanol–water partition coefficient (Wildman–Crippen LogP) is 2.62. The van der Waals surface area contributed by atoms with Crippen LogP contribution < -0.4 is 10.0 Å². The molecule has 0 spiro atoms. The molecule has 10 heteroatoms. The van der Waals surface area contributed by atoms with Crippen LogP contribution in [0.25, 0.3) is 0 Å². The van der Waals surface area contributed by atoms with Crippen LogP contribution in [0.15, 0.2) is 53.4 Å². The molecule has 0 aliphatic rings. The van der Waals surface area contributed by atoms with Crippen LogP contribution in [0.3, 0.4) is 0 Å². The van der Waals surface area contributed by atoms with Crippen LogP contribution in [0.4, 0.5) is 18.9 Å². The van der Waals surface area contributed by atoms with E-state index in [1.165, 1.54) is 25.1 Å². The molecule has 2 aromatic rings. The number of nitrogens with one attached hydrogen (secondary N) is 2. The van der Waals surface area contributed by atoms with Gasteiger partial charge in [-0.15, -0.1) is 0 Å². The average molecular weight is 402 g/mol. The van der Waals surface area contributed by atoms with Gasteiger partial charge in [-0.05, 0) is 49.4 Å². The monoisotopic (exact) mass is 402 g/mol. The molecule has 1 amide bonds. The lowest BCUT2D eigenvalue weighted by atomic mass is 10.2. The molecule has 0 bridgehead atoms. The van der Waals surface area contributed by atoms with Crippen molar-refractivity contribution in [1.29, 1.82) is 0 Å². The first kappa shape index (κ1) is 20.7. The molecule has 0 saturated carbocycles. The van der Waals surface area contributed by atoms with Crippen LogP contribution in [-0.2, 0) is 16.2 Å². The summed E-state index contributed by atoms with van der Waals surface area (Å²) < 4.78 is 64.9. The summed E-state index contributed by atoms with van der Waals surface area (Å²) in [5.74, 6) is -0.495. The number of carbonyl (C=O) groups excluding carboxylic acids is 1. The SMILES string of the molecule is CC(O)CNC(=O)c1ccc(S(=O)(=O)Nc2cccc(C(F)(F)F)c2)cc1. The summed E-state index contributed by atoms with van der Waals surface area (Å²) in [7, 11) is -4.13. The molecule has 0 aromatic heterocycles. The standard InChI is InChI=1S/C17H17F3N2O4S/c1-11(23)10-21-16(24)12-5-7-15(8-6-12)27(25,26)22-14-4-2-3-13(9-14)17(18,19)20/h2-9,11,22-23H,10H2,1H3,(H,21,24). The van der Waals surface area contributed by atoms with Gasteiger partial charge in [0.25, 0.3) is 15.9 Å². The molecule has 0 aliphatic carbocycles. The quantitative estimate of drug-likeness (QED) is 0.692. The van der Waals surface area contributed by atoms with Gasteiger partial charge in [0.2, 0.25) is 0 Å². The number of aliphatic hydroxyl groups is 1. The fraction of sp³-hybridized carbons (Fsp3) is 0.235. The van der Waals surface area contributed by atoms with Crippen LogP contribution in [0, 0.1) is 0 Å². The van der Waals surface area contributed by atoms with Gasteiger partial charge < -0.3 is 10.4 Å². The number of alkyl halides is 3. The molecule has 0 aliphatic heterocycles. The minimum absolute atomic E-state index is 0.0377. The van der Waals surface area contributed by atoms with Gasteiger partial charge in [0.15, 0.2) is 0 Å². The molecule has 2 aromatic carbocycles. The second-order valence-corrected chi connectivity index (χ2v) is 7.45. The highest BCUT2D eigenvalue weighted by atomic mass is 32.2. The highest BCUT2D eigenvalue weighted by Gasteiger charge is 2.30. The zero-order chi connectivity index (χ0) is 20.2. The minimum Gasteiger partial charge on any atom is -0.392 e. The summed E-state index contributed by atoms with van der Waals surface area (Å²) in [6.07, 6.45) is -5.33. The summed E-state index contributed by atoms with van der Waals surface area (Å²) in [6.45, 7) is 1.53. The van der Waals surface area contributed by atoms with Gasteiger partial charge in [0.1, 0.15) is 0 Å². The van der Waals surface area contributed by atoms with Crippen LogP contribution in [0.2, 0.25) is 0 Å². The molecule has 146 valence electrons. The van der Waals surface area contributed by atoms with Crippen molar-refractivity contribution < 1.29 is 31.5 Å². The van der Waals surface area contributed by atoms with E-state index in [1.807, 2.05) is 0 Å². The number of rotatable bonds is 6. The molecule has 0 heterocycles. The molecule has 0 saturated heterocycles. The largest absolute Gasteiger partial charge is 0.416 e. The third kappa shape index (κ3) is 5.69. The molecular weight excluding hydrogens is 385 g/mol. The van der Waals surface area contributed by atoms with E-state index in [2.05, 4.69) is 10.0 Å². The van der Waals surface area contributed by atoms with Crippen molar-refractivity contribution >= 4 is 21.6 Å². The van der Waals surface area contributed by atoms with Gasteiger partial charge in [-0.2, -0.15) is 13.2 Å². The molecule has 2 rings (SSSR count). The Morgan fingerprint density at radius 1 is 1.15 bits per heavy atom. The van der Waals surface area contributed by atoms with Gasteiger partial charge in [-0.25, -0.2) is 8.42 Å². The van der Waals surface area contributed by atoms with Crippen LogP contribution in [-0.4, -0.2) is 32.1 Å². The Hall–Kier alpha value is -2.59. The first-order valence-corrected chi connectivity index (χ1v) is 9.24. The second kappa shape index (κ2) is 7.97. The van der Waals surface area contributed by atoms with E-state index >= 15 is 0 Å². The number of halogens is 3. The lowest BCUT2D eigenvalue weighted by Crippen LogP contribution is -2.30. The van der Waals surface area contributed by atoms with Crippen LogP contribution in [0.1, 0.15) is 22.8 Å². The van der Waals surface area contributed by atoms with Crippen molar-refractivity contribution in [3.63, 3.8) is 0 Å². The van der Waals surface area contributed by atoms with Gasteiger partial charge >= 0.3 is 6.18 Å². The predicted molar refractivity (Wildman–Crippen MR) is 92.7 cm³/mol. The first-order chi connectivity index (χ1) is 12.5. The van der Waals surface area contributed by atoms with Crippen molar-refractivity contribution in [3.05, 3.63) is 59.7 Å². The molecule has 6 nitrogen and oxygen atoms in total. The summed E-state index contributed by atoms with van der Waals surface area (Å²) in [6, 6.07) is 8.66. The van der Waals surface area contributed by atoms with Gasteiger partial charge in [0, 0.05) is 17.8 Å². The van der Waals surface area contributed by atoms with E-state index in [0.717, 1.165) is 24.3 Å². The summed E-state index contributed by atoms with van der Waals surface area (Å²) in [5, 5.41) is 11.6. The zero-order valence-corrected chi connectivity index (χ0v) is 14.9. The Balaban J connectivity index is 2.16. The highest BCUT2D eigenvalue weighted by molar-refractivity contribution is 7.92. The third-order valence-electron chi connectivity index (χ3n) is 3.43. The minimum atomic E-state index is -4.59. The number of aliphatic hydroxyl groups excluding tert-OH is 1. The van der Waals surface area contributed by atoms with E-state index in [0.29, 0.717) is 6.07 Å². The first-order valence-electron chi connectivity index (χ1n) is 7.75. The van der Waals surface area contributed by atoms with Crippen molar-refractivity contribution in [3.8, 4) is 0 Å². The Labute approximate surface area is 154 Å². The van der Waals surface area contributed by atoms with Gasteiger partial charge in [-0.3, -0.25) is 9.52 Å². The zero-order valence-electron chi connectivity index (χ0n) is 14.1. The van der Waals surface area contributed by atoms with E-state index < -0.39 is 33.8 Å². The molecule has 27 heavy (non-hydrogen) atoms. The number of benzene rings is 2. The molecule has 1 unspecified atom stereocenters. The second-order valence-electron chi connectivity index (χ2n) is 5.77. The molecule has 1 atom stereocenters. The van der Waals surface area contributed by atoms with Gasteiger partial charge in [-0.1, -0.05) is 6.07 Å². The van der Waals surface area contributed by atoms with Gasteiger partial charge in [0.05, 0.1) is 16.6 Å². The number of anilines is 1. The van der Waals surface area contributed by atoms with Crippen molar-refractivity contribution in [2.75, 3.05) is 11.3 Å². The Morgan fingerprint density at radius 3 is 2.33 bits per heavy atom. The Morgan fingerprint density at radius 2 is 1.78 bits per heavy atom. The fourth-order valence-electron chi connectivity index (χ4n) is 2.10. The Kier molecular flexibility index (Phi) is 6.11. The molecule has 0 radical (unpaired) electrons. The Bertz CT molecular complexity index is 911. The maximum absolute atomic E-state index is 12.7. The van der Waals surface area contributed by atoms with Crippen LogP contribution in [0.5, 0.6) is 0 Å². The lowest BCUT2D eigenvalue weighted by molar-refractivity contribution is -0.137. The fourth-order valence-corrected chi connectivity index (χ4v) is 3.15. The van der Waals surface area contributed by atoms with E-state index in [4.69, 9.17) is 5.11 Å². The topological polar surface area (TPSA) is 95.5 Å².